The second-order valence-corrected chi connectivity index (χ2v) is 5.36. The van der Waals surface area contributed by atoms with Gasteiger partial charge in [-0.15, -0.1) is 0 Å². The predicted molar refractivity (Wildman–Crippen MR) is 88.3 cm³/mol. The molecule has 0 amide bonds. The Morgan fingerprint density at radius 1 is 1.18 bits per heavy atom. The Bertz CT molecular complexity index is 990. The minimum atomic E-state index is 0.0588. The fraction of sp³-hybridized carbons (Fsp3) is 0.176. The van der Waals surface area contributed by atoms with Crippen LogP contribution in [-0.2, 0) is 0 Å². The molecule has 0 saturated carbocycles. The number of rotatable bonds is 3. The van der Waals surface area contributed by atoms with Gasteiger partial charge in [-0.3, -0.25) is 4.40 Å². The molecule has 2 aromatic heterocycles. The third-order valence-electron chi connectivity index (χ3n) is 3.87. The summed E-state index contributed by atoms with van der Waals surface area (Å²) in [6, 6.07) is 12.5. The van der Waals surface area contributed by atoms with Gasteiger partial charge in [-0.2, -0.15) is 0 Å². The van der Waals surface area contributed by atoms with Crippen molar-refractivity contribution in [3.05, 3.63) is 48.3 Å². The van der Waals surface area contributed by atoms with Gasteiger partial charge >= 0.3 is 0 Å². The van der Waals surface area contributed by atoms with E-state index >= 15 is 0 Å². The van der Waals surface area contributed by atoms with Crippen LogP contribution < -0.4 is 5.32 Å². The molecular formula is C17H16N4O. The second kappa shape index (κ2) is 4.96. The molecule has 0 unspecified atom stereocenters. The lowest BCUT2D eigenvalue weighted by molar-refractivity contribution is 0.311. The number of aliphatic hydroxyl groups is 1. The van der Waals surface area contributed by atoms with Crippen molar-refractivity contribution < 1.29 is 5.11 Å². The Morgan fingerprint density at radius 3 is 2.73 bits per heavy atom. The van der Waals surface area contributed by atoms with Gasteiger partial charge in [0.05, 0.1) is 17.6 Å². The third kappa shape index (κ3) is 1.90. The average Bonchev–Trinajstić information content (AvgIpc) is 2.93. The van der Waals surface area contributed by atoms with Gasteiger partial charge < -0.3 is 10.4 Å². The van der Waals surface area contributed by atoms with E-state index < -0.39 is 0 Å². The van der Waals surface area contributed by atoms with Crippen LogP contribution in [0.1, 0.15) is 5.69 Å². The summed E-state index contributed by atoms with van der Waals surface area (Å²) in [7, 11) is 0. The van der Waals surface area contributed by atoms with Crippen molar-refractivity contribution >= 4 is 33.3 Å². The molecule has 2 aromatic carbocycles. The zero-order valence-electron chi connectivity index (χ0n) is 12.2. The van der Waals surface area contributed by atoms with Crippen molar-refractivity contribution in [2.75, 3.05) is 18.5 Å². The molecule has 0 spiro atoms. The topological polar surface area (TPSA) is 62.5 Å². The lowest BCUT2D eigenvalue weighted by atomic mass is 10.1. The molecule has 2 heterocycles. The number of anilines is 1. The first-order valence-electron chi connectivity index (χ1n) is 7.29. The summed E-state index contributed by atoms with van der Waals surface area (Å²) >= 11 is 0. The first-order chi connectivity index (χ1) is 10.8. The van der Waals surface area contributed by atoms with Crippen LogP contribution in [0.25, 0.3) is 27.5 Å². The quantitative estimate of drug-likeness (QED) is 0.570. The van der Waals surface area contributed by atoms with Crippen LogP contribution >= 0.6 is 0 Å². The number of aliphatic hydroxyl groups excluding tert-OH is 1. The normalized spacial score (nSPS) is 11.5. The standard InChI is InChI=1S/C17H16N4O/c1-11-10-19-17-16(18-6-7-22)20-14-8-12-4-2-3-5-13(12)9-15(14)21(11)17/h2-5,8-10,22H,6-7H2,1H3,(H,18,20). The smallest absolute Gasteiger partial charge is 0.180 e. The summed E-state index contributed by atoms with van der Waals surface area (Å²) in [5.74, 6) is 0.699. The van der Waals surface area contributed by atoms with E-state index in [0.29, 0.717) is 12.4 Å². The summed E-state index contributed by atoms with van der Waals surface area (Å²) in [5.41, 5.74) is 3.80. The van der Waals surface area contributed by atoms with Crippen molar-refractivity contribution in [3.8, 4) is 0 Å². The molecule has 5 nitrogen and oxygen atoms in total. The van der Waals surface area contributed by atoms with Crippen LogP contribution in [0.3, 0.4) is 0 Å². The number of nitrogens with zero attached hydrogens (tertiary/aromatic N) is 3. The van der Waals surface area contributed by atoms with Crippen LogP contribution in [0.5, 0.6) is 0 Å². The Morgan fingerprint density at radius 2 is 1.95 bits per heavy atom. The van der Waals surface area contributed by atoms with Gasteiger partial charge in [-0.1, -0.05) is 24.3 Å². The zero-order valence-corrected chi connectivity index (χ0v) is 12.2. The molecule has 0 aliphatic carbocycles. The SMILES string of the molecule is Cc1cnc2c(NCCO)nc3cc4ccccc4cc3n12. The van der Waals surface area contributed by atoms with Gasteiger partial charge in [0.2, 0.25) is 0 Å². The van der Waals surface area contributed by atoms with Crippen molar-refractivity contribution in [1.82, 2.24) is 14.4 Å². The minimum absolute atomic E-state index is 0.0588. The molecule has 4 rings (SSSR count). The molecule has 0 bridgehead atoms. The van der Waals surface area contributed by atoms with E-state index in [4.69, 9.17) is 10.1 Å². The van der Waals surface area contributed by atoms with Gasteiger partial charge in [-0.25, -0.2) is 9.97 Å². The van der Waals surface area contributed by atoms with Gasteiger partial charge in [0, 0.05) is 18.4 Å². The van der Waals surface area contributed by atoms with E-state index in [2.05, 4.69) is 39.0 Å². The average molecular weight is 292 g/mol. The summed E-state index contributed by atoms with van der Waals surface area (Å²) in [6.45, 7) is 2.54. The molecule has 0 atom stereocenters. The van der Waals surface area contributed by atoms with E-state index in [1.807, 2.05) is 25.3 Å². The Kier molecular flexibility index (Phi) is 2.94. The molecule has 4 aromatic rings. The Labute approximate surface area is 127 Å². The third-order valence-corrected chi connectivity index (χ3v) is 3.87. The van der Waals surface area contributed by atoms with Crippen LogP contribution in [-0.4, -0.2) is 32.6 Å². The van der Waals surface area contributed by atoms with E-state index in [1.54, 1.807) is 0 Å². The lowest BCUT2D eigenvalue weighted by Gasteiger charge is -2.11. The van der Waals surface area contributed by atoms with Crippen molar-refractivity contribution in [1.29, 1.82) is 0 Å². The van der Waals surface area contributed by atoms with Crippen LogP contribution in [0, 0.1) is 6.92 Å². The maximum absolute atomic E-state index is 9.04. The molecule has 0 aliphatic rings. The number of aromatic nitrogens is 3. The maximum atomic E-state index is 9.04. The van der Waals surface area contributed by atoms with Crippen LogP contribution in [0.4, 0.5) is 5.82 Å². The Balaban J connectivity index is 2.11. The number of imidazole rings is 1. The van der Waals surface area contributed by atoms with Crippen LogP contribution in [0.15, 0.2) is 42.6 Å². The molecular weight excluding hydrogens is 276 g/mol. The highest BCUT2D eigenvalue weighted by Crippen LogP contribution is 2.26. The van der Waals surface area contributed by atoms with Crippen molar-refractivity contribution in [3.63, 3.8) is 0 Å². The second-order valence-electron chi connectivity index (χ2n) is 5.36. The van der Waals surface area contributed by atoms with E-state index in [1.165, 1.54) is 5.39 Å². The highest BCUT2D eigenvalue weighted by atomic mass is 16.3. The fourth-order valence-electron chi connectivity index (χ4n) is 2.86. The summed E-state index contributed by atoms with van der Waals surface area (Å²) < 4.78 is 2.11. The number of aryl methyl sites for hydroxylation is 1. The zero-order chi connectivity index (χ0) is 15.1. The molecule has 2 N–H and O–H groups in total. The van der Waals surface area contributed by atoms with Gasteiger partial charge in [0.25, 0.3) is 0 Å². The number of fused-ring (bicyclic) bond motifs is 4. The molecule has 0 saturated heterocycles. The van der Waals surface area contributed by atoms with E-state index in [9.17, 15) is 0 Å². The summed E-state index contributed by atoms with van der Waals surface area (Å²) in [5, 5.41) is 14.5. The van der Waals surface area contributed by atoms with E-state index in [-0.39, 0.29) is 6.61 Å². The highest BCUT2D eigenvalue weighted by Gasteiger charge is 2.12. The van der Waals surface area contributed by atoms with Gasteiger partial charge in [-0.05, 0) is 29.8 Å². The lowest BCUT2D eigenvalue weighted by Crippen LogP contribution is -2.09. The van der Waals surface area contributed by atoms with Crippen molar-refractivity contribution in [2.24, 2.45) is 0 Å². The van der Waals surface area contributed by atoms with Crippen LogP contribution in [0.2, 0.25) is 0 Å². The van der Waals surface area contributed by atoms with Gasteiger partial charge in [0.15, 0.2) is 11.5 Å². The summed E-state index contributed by atoms with van der Waals surface area (Å²) in [4.78, 5) is 9.16. The molecule has 22 heavy (non-hydrogen) atoms. The predicted octanol–water partition coefficient (Wildman–Crippen LogP) is 2.75. The maximum Gasteiger partial charge on any atom is 0.180 e. The number of nitrogens with one attached hydrogen (secondary N) is 1. The first-order valence-corrected chi connectivity index (χ1v) is 7.29. The van der Waals surface area contributed by atoms with E-state index in [0.717, 1.165) is 27.8 Å². The highest BCUT2D eigenvalue weighted by molar-refractivity contribution is 5.97. The van der Waals surface area contributed by atoms with Gasteiger partial charge in [0.1, 0.15) is 0 Å². The minimum Gasteiger partial charge on any atom is -0.395 e. The fourth-order valence-corrected chi connectivity index (χ4v) is 2.86. The number of hydrogen-bond donors (Lipinski definition) is 2. The molecule has 5 heteroatoms. The Hall–Kier alpha value is -2.66. The molecule has 0 aliphatic heterocycles. The monoisotopic (exact) mass is 292 g/mol. The molecule has 0 radical (unpaired) electrons. The summed E-state index contributed by atoms with van der Waals surface area (Å²) in [6.07, 6.45) is 1.84. The number of benzene rings is 2. The molecule has 110 valence electrons. The number of hydrogen-bond acceptors (Lipinski definition) is 4. The van der Waals surface area contributed by atoms with Crippen molar-refractivity contribution in [2.45, 2.75) is 6.92 Å². The molecule has 0 fully saturated rings. The largest absolute Gasteiger partial charge is 0.395 e. The first kappa shape index (κ1) is 13.0.